The minimum atomic E-state index is -0.473. The molecule has 5 rings (SSSR count). The molecule has 0 bridgehead atoms. The van der Waals surface area contributed by atoms with Crippen LogP contribution < -0.4 is 9.80 Å². The largest absolute Gasteiger partial charge is 0.306 e. The van der Waals surface area contributed by atoms with Crippen LogP contribution in [0.25, 0.3) is 12.2 Å². The van der Waals surface area contributed by atoms with Crippen molar-refractivity contribution in [2.75, 3.05) is 9.80 Å². The lowest BCUT2D eigenvalue weighted by atomic mass is 9.88. The Morgan fingerprint density at radius 3 is 1.83 bits per heavy atom. The summed E-state index contributed by atoms with van der Waals surface area (Å²) in [5.74, 6) is -0.523. The number of benzene rings is 4. The molecule has 0 saturated heterocycles. The molecule has 0 aromatic heterocycles. The van der Waals surface area contributed by atoms with Gasteiger partial charge in [-0.05, 0) is 98.5 Å². The van der Waals surface area contributed by atoms with Crippen LogP contribution in [0.3, 0.4) is 0 Å². The van der Waals surface area contributed by atoms with Crippen molar-refractivity contribution < 1.29 is 19.4 Å². The van der Waals surface area contributed by atoms with E-state index in [9.17, 15) is 29.8 Å². The van der Waals surface area contributed by atoms with Crippen LogP contribution in [0.2, 0.25) is 0 Å². The molecule has 10 heteroatoms. The van der Waals surface area contributed by atoms with Gasteiger partial charge in [-0.3, -0.25) is 29.8 Å². The summed E-state index contributed by atoms with van der Waals surface area (Å²) in [4.78, 5) is 52.2. The van der Waals surface area contributed by atoms with Gasteiger partial charge >= 0.3 is 0 Å². The maximum Gasteiger partial charge on any atom is 0.269 e. The van der Waals surface area contributed by atoms with Crippen molar-refractivity contribution in [3.63, 3.8) is 0 Å². The Morgan fingerprint density at radius 2 is 1.28 bits per heavy atom. The molecule has 4 aromatic carbocycles. The molecule has 1 aliphatic heterocycles. The summed E-state index contributed by atoms with van der Waals surface area (Å²) in [5.41, 5.74) is 5.48. The van der Waals surface area contributed by atoms with Crippen molar-refractivity contribution in [2.24, 2.45) is 0 Å². The molecule has 2 amide bonds. The van der Waals surface area contributed by atoms with Gasteiger partial charge in [-0.2, -0.15) is 0 Å². The van der Waals surface area contributed by atoms with Crippen LogP contribution in [0, 0.1) is 34.1 Å². The molecule has 2 atom stereocenters. The summed E-state index contributed by atoms with van der Waals surface area (Å²) in [6, 6.07) is 24.8. The molecule has 0 saturated carbocycles. The van der Waals surface area contributed by atoms with E-state index in [-0.39, 0.29) is 29.2 Å². The minimum absolute atomic E-state index is 0.0289. The first-order valence-corrected chi connectivity index (χ1v) is 14.7. The zero-order valence-electron chi connectivity index (χ0n) is 25.6. The van der Waals surface area contributed by atoms with Gasteiger partial charge in [0, 0.05) is 53.8 Å². The standard InChI is InChI=1S/C36H32N4O6/c1-24-4-13-29(14-5-24)38(36(42)21-12-28-9-17-31(18-10-28)40(45)46)34-23-26(3)37(33-19-6-25(2)22-32(33)34)35(41)20-11-27-7-15-30(16-8-27)39(43)44/h4-22,26,34H,23H2,1-3H3/b20-11+,21-12+/t26-,34+/m0/s1. The first-order chi connectivity index (χ1) is 22.0. The van der Waals surface area contributed by atoms with Crippen molar-refractivity contribution in [1.82, 2.24) is 0 Å². The molecule has 1 heterocycles. The number of non-ortho nitro benzene ring substituents is 2. The first-order valence-electron chi connectivity index (χ1n) is 14.7. The lowest BCUT2D eigenvalue weighted by Gasteiger charge is -2.43. The summed E-state index contributed by atoms with van der Waals surface area (Å²) >= 11 is 0. The number of anilines is 2. The van der Waals surface area contributed by atoms with E-state index in [1.165, 1.54) is 36.4 Å². The van der Waals surface area contributed by atoms with Crippen molar-refractivity contribution in [3.05, 3.63) is 151 Å². The van der Waals surface area contributed by atoms with Gasteiger partial charge in [0.25, 0.3) is 23.2 Å². The number of fused-ring (bicyclic) bond motifs is 1. The Kier molecular flexibility index (Phi) is 9.18. The summed E-state index contributed by atoms with van der Waals surface area (Å²) in [6.07, 6.45) is 6.64. The number of amides is 2. The highest BCUT2D eigenvalue weighted by Crippen LogP contribution is 2.43. The first kappa shape index (κ1) is 31.5. The molecule has 0 spiro atoms. The third-order valence-corrected chi connectivity index (χ3v) is 7.95. The molecule has 1 aliphatic rings. The quantitative estimate of drug-likeness (QED) is 0.113. The number of nitrogens with zero attached hydrogens (tertiary/aromatic N) is 4. The van der Waals surface area contributed by atoms with Crippen molar-refractivity contribution >= 4 is 46.7 Å². The van der Waals surface area contributed by atoms with E-state index in [1.54, 1.807) is 46.2 Å². The fourth-order valence-corrected chi connectivity index (χ4v) is 5.61. The maximum atomic E-state index is 14.0. The van der Waals surface area contributed by atoms with Crippen molar-refractivity contribution in [3.8, 4) is 0 Å². The molecule has 0 fully saturated rings. The molecule has 232 valence electrons. The smallest absolute Gasteiger partial charge is 0.269 e. The molecular weight excluding hydrogens is 584 g/mol. The van der Waals surface area contributed by atoms with E-state index in [1.807, 2.05) is 63.2 Å². The Labute approximate surface area is 266 Å². The average molecular weight is 617 g/mol. The van der Waals surface area contributed by atoms with Crippen molar-refractivity contribution in [2.45, 2.75) is 39.3 Å². The van der Waals surface area contributed by atoms with E-state index in [4.69, 9.17) is 0 Å². The molecule has 46 heavy (non-hydrogen) atoms. The monoisotopic (exact) mass is 616 g/mol. The number of hydrogen-bond acceptors (Lipinski definition) is 6. The van der Waals surface area contributed by atoms with Gasteiger partial charge in [0.2, 0.25) is 0 Å². The number of carbonyl (C=O) groups excluding carboxylic acids is 2. The minimum Gasteiger partial charge on any atom is -0.306 e. The van der Waals surface area contributed by atoms with Gasteiger partial charge in [-0.25, -0.2) is 0 Å². The fraction of sp³-hybridized carbons (Fsp3) is 0.167. The second-order valence-electron chi connectivity index (χ2n) is 11.3. The van der Waals surface area contributed by atoms with Gasteiger partial charge in [0.15, 0.2) is 0 Å². The highest BCUT2D eigenvalue weighted by Gasteiger charge is 2.38. The number of nitro groups is 2. The van der Waals surface area contributed by atoms with Gasteiger partial charge in [0.05, 0.1) is 15.9 Å². The zero-order valence-corrected chi connectivity index (χ0v) is 25.6. The van der Waals surface area contributed by atoms with Gasteiger partial charge in [0.1, 0.15) is 0 Å². The lowest BCUT2D eigenvalue weighted by molar-refractivity contribution is -0.385. The number of aryl methyl sites for hydroxylation is 2. The number of hydrogen-bond donors (Lipinski definition) is 0. The Bertz CT molecular complexity index is 1850. The molecule has 0 radical (unpaired) electrons. The highest BCUT2D eigenvalue weighted by molar-refractivity contribution is 6.07. The normalized spacial score (nSPS) is 15.9. The number of nitro benzene ring substituents is 2. The maximum absolute atomic E-state index is 14.0. The molecule has 4 aromatic rings. The average Bonchev–Trinajstić information content (AvgIpc) is 3.04. The third-order valence-electron chi connectivity index (χ3n) is 7.95. The van der Waals surface area contributed by atoms with E-state index in [0.717, 1.165) is 16.7 Å². The Balaban J connectivity index is 1.49. The topological polar surface area (TPSA) is 127 Å². The molecule has 10 nitrogen and oxygen atoms in total. The number of rotatable bonds is 8. The van der Waals surface area contributed by atoms with E-state index >= 15 is 0 Å². The van der Waals surface area contributed by atoms with Crippen LogP contribution in [-0.4, -0.2) is 27.7 Å². The SMILES string of the molecule is Cc1ccc(N(C(=O)/C=C/c2ccc([N+](=O)[O-])cc2)[C@@H]2C[C@H](C)N(C(=O)/C=C/c3ccc([N+](=O)[O-])cc3)c3ccc(C)cc32)cc1. The predicted octanol–water partition coefficient (Wildman–Crippen LogP) is 7.75. The van der Waals surface area contributed by atoms with Gasteiger partial charge < -0.3 is 9.80 Å². The van der Waals surface area contributed by atoms with Crippen LogP contribution in [0.5, 0.6) is 0 Å². The zero-order chi connectivity index (χ0) is 33.0. The Hall–Kier alpha value is -5.90. The Morgan fingerprint density at radius 1 is 0.761 bits per heavy atom. The number of carbonyl (C=O) groups is 2. The van der Waals surface area contributed by atoms with E-state index < -0.39 is 15.9 Å². The van der Waals surface area contributed by atoms with E-state index in [2.05, 4.69) is 0 Å². The van der Waals surface area contributed by atoms with Crippen LogP contribution in [0.4, 0.5) is 22.7 Å². The fourth-order valence-electron chi connectivity index (χ4n) is 5.61. The lowest BCUT2D eigenvalue weighted by Crippen LogP contribution is -2.47. The molecule has 0 aliphatic carbocycles. The third kappa shape index (κ3) is 6.91. The second kappa shape index (κ2) is 13.4. The predicted molar refractivity (Wildman–Crippen MR) is 178 cm³/mol. The summed E-state index contributed by atoms with van der Waals surface area (Å²) in [5, 5.41) is 22.0. The van der Waals surface area contributed by atoms with Crippen LogP contribution in [-0.2, 0) is 9.59 Å². The second-order valence-corrected chi connectivity index (χ2v) is 11.3. The van der Waals surface area contributed by atoms with Crippen LogP contribution >= 0.6 is 0 Å². The molecular formula is C36H32N4O6. The van der Waals surface area contributed by atoms with Crippen LogP contribution in [0.1, 0.15) is 47.2 Å². The van der Waals surface area contributed by atoms with Gasteiger partial charge in [-0.1, -0.05) is 35.4 Å². The molecule has 0 unspecified atom stereocenters. The molecule has 0 N–H and O–H groups in total. The summed E-state index contributed by atoms with van der Waals surface area (Å²) in [6.45, 7) is 5.87. The summed E-state index contributed by atoms with van der Waals surface area (Å²) < 4.78 is 0. The highest BCUT2D eigenvalue weighted by atomic mass is 16.6. The summed E-state index contributed by atoms with van der Waals surface area (Å²) in [7, 11) is 0. The van der Waals surface area contributed by atoms with E-state index in [0.29, 0.717) is 28.9 Å². The van der Waals surface area contributed by atoms with Crippen molar-refractivity contribution in [1.29, 1.82) is 0 Å². The van der Waals surface area contributed by atoms with Crippen LogP contribution in [0.15, 0.2) is 103 Å². The van der Waals surface area contributed by atoms with Gasteiger partial charge in [-0.15, -0.1) is 0 Å².